The number of carboxylic acid groups (broad SMARTS) is 2. The van der Waals surface area contributed by atoms with Gasteiger partial charge in [-0.1, -0.05) is 65.2 Å². The van der Waals surface area contributed by atoms with Gasteiger partial charge in [0, 0.05) is 17.4 Å². The molecule has 22 heavy (non-hydrogen) atoms. The van der Waals surface area contributed by atoms with Crippen molar-refractivity contribution >= 4 is 11.9 Å². The molecule has 0 saturated heterocycles. The van der Waals surface area contributed by atoms with Gasteiger partial charge in [0.2, 0.25) is 0 Å². The van der Waals surface area contributed by atoms with E-state index < -0.39 is 23.8 Å². The average Bonchev–Trinajstić information content (AvgIpc) is 2.38. The quantitative estimate of drug-likeness (QED) is 0.253. The molecule has 0 aromatic rings. The molecule has 0 aliphatic rings. The standard InChI is InChI=1S/C16H30O4.2Na/c1-3-5-7-9-11-16(15(19)20,13-14(17)18)12-10-8-6-4-2;;/h3-13H2,1-2H3,(H,17,18)(H,19,20);;/q;2*+1/p-2. The van der Waals surface area contributed by atoms with Gasteiger partial charge in [-0.15, -0.1) is 0 Å². The number of carbonyl (C=O) groups is 2. The van der Waals surface area contributed by atoms with E-state index in [1.54, 1.807) is 0 Å². The van der Waals surface area contributed by atoms with Crippen LogP contribution in [0.15, 0.2) is 0 Å². The van der Waals surface area contributed by atoms with Crippen LogP contribution < -0.4 is 69.3 Å². The normalized spacial score (nSPS) is 10.5. The number of carbonyl (C=O) groups excluding carboxylic acids is 2. The summed E-state index contributed by atoms with van der Waals surface area (Å²) in [6.45, 7) is 4.16. The Morgan fingerprint density at radius 1 is 0.773 bits per heavy atom. The fourth-order valence-corrected chi connectivity index (χ4v) is 2.63. The van der Waals surface area contributed by atoms with Crippen LogP contribution >= 0.6 is 0 Å². The molecule has 118 valence electrons. The smallest absolute Gasteiger partial charge is 0.550 e. The van der Waals surface area contributed by atoms with Crippen LogP contribution in [-0.2, 0) is 9.59 Å². The molecule has 4 nitrogen and oxygen atoms in total. The molecule has 6 heteroatoms. The summed E-state index contributed by atoms with van der Waals surface area (Å²) < 4.78 is 0. The van der Waals surface area contributed by atoms with E-state index in [-0.39, 0.29) is 59.1 Å². The molecule has 0 atom stereocenters. The second kappa shape index (κ2) is 16.8. The molecule has 0 aromatic carbocycles. The maximum atomic E-state index is 11.5. The molecule has 0 N–H and O–H groups in total. The summed E-state index contributed by atoms with van der Waals surface area (Å²) in [5.41, 5.74) is -1.24. The molecular formula is C16H28Na2O4. The molecule has 0 fully saturated rings. The van der Waals surface area contributed by atoms with Crippen LogP contribution in [0.2, 0.25) is 0 Å². The predicted molar refractivity (Wildman–Crippen MR) is 74.6 cm³/mol. The van der Waals surface area contributed by atoms with Gasteiger partial charge in [0.05, 0.1) is 0 Å². The first-order valence-electron chi connectivity index (χ1n) is 7.89. The molecule has 0 bridgehead atoms. The number of hydrogen-bond donors (Lipinski definition) is 0. The van der Waals surface area contributed by atoms with Crippen molar-refractivity contribution in [2.24, 2.45) is 5.41 Å². The third-order valence-electron chi connectivity index (χ3n) is 3.93. The summed E-state index contributed by atoms with van der Waals surface area (Å²) in [4.78, 5) is 22.4. The van der Waals surface area contributed by atoms with E-state index in [4.69, 9.17) is 0 Å². The van der Waals surface area contributed by atoms with E-state index in [0.29, 0.717) is 12.8 Å². The van der Waals surface area contributed by atoms with Crippen molar-refractivity contribution in [1.29, 1.82) is 0 Å². The zero-order valence-electron chi connectivity index (χ0n) is 14.9. The Bertz CT molecular complexity index is 284. The van der Waals surface area contributed by atoms with E-state index in [2.05, 4.69) is 13.8 Å². The Hall–Kier alpha value is 0.940. The molecule has 0 spiro atoms. The van der Waals surface area contributed by atoms with E-state index in [1.807, 2.05) is 0 Å². The van der Waals surface area contributed by atoms with Gasteiger partial charge in [-0.05, 0) is 19.3 Å². The first-order chi connectivity index (χ1) is 9.48. The predicted octanol–water partition coefficient (Wildman–Crippen LogP) is -4.19. The molecule has 0 saturated carbocycles. The maximum Gasteiger partial charge on any atom is 1.00 e. The second-order valence-corrected chi connectivity index (χ2v) is 5.74. The molecule has 0 unspecified atom stereocenters. The molecule has 0 amide bonds. The minimum absolute atomic E-state index is 0. The van der Waals surface area contributed by atoms with Crippen LogP contribution in [0.25, 0.3) is 0 Å². The summed E-state index contributed by atoms with van der Waals surface area (Å²) in [7, 11) is 0. The largest absolute Gasteiger partial charge is 1.00 e. The van der Waals surface area contributed by atoms with E-state index >= 15 is 0 Å². The van der Waals surface area contributed by atoms with E-state index in [0.717, 1.165) is 51.4 Å². The zero-order chi connectivity index (χ0) is 15.4. The number of aliphatic carboxylic acids is 2. The Morgan fingerprint density at radius 3 is 1.45 bits per heavy atom. The summed E-state index contributed by atoms with van der Waals surface area (Å²) >= 11 is 0. The van der Waals surface area contributed by atoms with E-state index in [1.165, 1.54) is 0 Å². The van der Waals surface area contributed by atoms with Gasteiger partial charge < -0.3 is 19.8 Å². The fourth-order valence-electron chi connectivity index (χ4n) is 2.63. The summed E-state index contributed by atoms with van der Waals surface area (Å²) in [5.74, 6) is -2.52. The van der Waals surface area contributed by atoms with Crippen molar-refractivity contribution in [1.82, 2.24) is 0 Å². The number of hydrogen-bond acceptors (Lipinski definition) is 4. The van der Waals surface area contributed by atoms with Gasteiger partial charge in [-0.3, -0.25) is 0 Å². The van der Waals surface area contributed by atoms with Gasteiger partial charge in [0.25, 0.3) is 0 Å². The average molecular weight is 330 g/mol. The zero-order valence-corrected chi connectivity index (χ0v) is 18.9. The van der Waals surface area contributed by atoms with Crippen LogP contribution in [0.3, 0.4) is 0 Å². The van der Waals surface area contributed by atoms with Crippen molar-refractivity contribution in [3.8, 4) is 0 Å². The van der Waals surface area contributed by atoms with Gasteiger partial charge in [-0.25, -0.2) is 0 Å². The Labute approximate surface area is 179 Å². The summed E-state index contributed by atoms with van der Waals surface area (Å²) in [5, 5.41) is 22.4. The summed E-state index contributed by atoms with van der Waals surface area (Å²) in [6, 6.07) is 0. The first kappa shape index (κ1) is 27.8. The SMILES string of the molecule is CCCCCCC(CCCCCC)(CC(=O)[O-])C(=O)[O-].[Na+].[Na+]. The third-order valence-corrected chi connectivity index (χ3v) is 3.93. The van der Waals surface area contributed by atoms with Gasteiger partial charge >= 0.3 is 59.1 Å². The third kappa shape index (κ3) is 12.4. The Morgan fingerprint density at radius 2 is 1.18 bits per heavy atom. The second-order valence-electron chi connectivity index (χ2n) is 5.74. The topological polar surface area (TPSA) is 80.3 Å². The van der Waals surface area contributed by atoms with Crippen LogP contribution in [0, 0.1) is 5.41 Å². The van der Waals surface area contributed by atoms with Crippen LogP contribution in [0.5, 0.6) is 0 Å². The van der Waals surface area contributed by atoms with Gasteiger partial charge in [0.1, 0.15) is 0 Å². The molecular weight excluding hydrogens is 302 g/mol. The van der Waals surface area contributed by atoms with Crippen molar-refractivity contribution < 1.29 is 78.9 Å². The van der Waals surface area contributed by atoms with Crippen LogP contribution in [0.1, 0.15) is 84.5 Å². The minimum Gasteiger partial charge on any atom is -0.550 e. The van der Waals surface area contributed by atoms with Crippen molar-refractivity contribution in [2.45, 2.75) is 84.5 Å². The minimum atomic E-state index is -1.29. The van der Waals surface area contributed by atoms with Crippen molar-refractivity contribution in [3.63, 3.8) is 0 Å². The number of carboxylic acids is 2. The molecule has 0 aliphatic heterocycles. The number of rotatable bonds is 13. The van der Waals surface area contributed by atoms with Crippen molar-refractivity contribution in [3.05, 3.63) is 0 Å². The van der Waals surface area contributed by atoms with E-state index in [9.17, 15) is 19.8 Å². The molecule has 0 rings (SSSR count). The Kier molecular flexibility index (Phi) is 21.2. The maximum absolute atomic E-state index is 11.5. The molecule has 0 heterocycles. The van der Waals surface area contributed by atoms with Crippen LogP contribution in [0.4, 0.5) is 0 Å². The van der Waals surface area contributed by atoms with Crippen molar-refractivity contribution in [2.75, 3.05) is 0 Å². The first-order valence-corrected chi connectivity index (χ1v) is 7.89. The Balaban J connectivity index is -0.00000180. The molecule has 0 radical (unpaired) electrons. The molecule has 0 aromatic heterocycles. The van der Waals surface area contributed by atoms with Gasteiger partial charge in [-0.2, -0.15) is 0 Å². The van der Waals surface area contributed by atoms with Gasteiger partial charge in [0.15, 0.2) is 0 Å². The monoisotopic (exact) mass is 330 g/mol. The van der Waals surface area contributed by atoms with Crippen LogP contribution in [-0.4, -0.2) is 11.9 Å². The summed E-state index contributed by atoms with van der Waals surface area (Å²) in [6.07, 6.45) is 7.92. The molecule has 0 aliphatic carbocycles. The number of unbranched alkanes of at least 4 members (excludes halogenated alkanes) is 6. The fraction of sp³-hybridized carbons (Fsp3) is 0.875.